The van der Waals surface area contributed by atoms with E-state index in [0.29, 0.717) is 12.4 Å². The summed E-state index contributed by atoms with van der Waals surface area (Å²) in [6.45, 7) is 2.82. The van der Waals surface area contributed by atoms with Crippen molar-refractivity contribution in [3.8, 4) is 0 Å². The van der Waals surface area contributed by atoms with Crippen molar-refractivity contribution in [1.29, 1.82) is 0 Å². The Morgan fingerprint density at radius 1 is 1.05 bits per heavy atom. The number of allylic oxidation sites excluding steroid dienone is 2. The molecule has 0 radical (unpaired) electrons. The Balaban J connectivity index is 2.08. The van der Waals surface area contributed by atoms with E-state index in [2.05, 4.69) is 6.92 Å². The average molecular weight is 304 g/mol. The lowest BCUT2D eigenvalue weighted by Gasteiger charge is -2.07. The highest BCUT2D eigenvalue weighted by molar-refractivity contribution is 5.69. The van der Waals surface area contributed by atoms with Gasteiger partial charge in [0.25, 0.3) is 0 Å². The molecule has 0 saturated heterocycles. The van der Waals surface area contributed by atoms with Crippen LogP contribution >= 0.6 is 0 Å². The van der Waals surface area contributed by atoms with Crippen LogP contribution in [0.5, 0.6) is 0 Å². The smallest absolute Gasteiger partial charge is 0.189 e. The first-order chi connectivity index (χ1) is 10.9. The molecule has 0 atom stereocenters. The molecular weight excluding hydrogens is 276 g/mol. The zero-order valence-electron chi connectivity index (χ0n) is 13.6. The van der Waals surface area contributed by atoms with Gasteiger partial charge < -0.3 is 9.47 Å². The summed E-state index contributed by atoms with van der Waals surface area (Å²) in [4.78, 5) is 10.9. The number of rotatable bonds is 13. The number of unbranched alkanes of at least 4 members (excludes halogenated alkanes) is 6. The second kappa shape index (κ2) is 13.1. The van der Waals surface area contributed by atoms with E-state index in [4.69, 9.17) is 9.47 Å². The highest BCUT2D eigenvalue weighted by Crippen LogP contribution is 2.09. The van der Waals surface area contributed by atoms with Gasteiger partial charge in [-0.2, -0.15) is 0 Å². The standard InChI is InChI=1S/C19H28O3/c1-2-3-4-5-6-7-11-14-19(15-20)22-17-21-16-18-12-9-8-10-13-18/h8-10,12-15H,2-7,11,16-17H2,1H3/b19-14+. The molecule has 0 spiro atoms. The van der Waals surface area contributed by atoms with Gasteiger partial charge in [-0.1, -0.05) is 69.4 Å². The first-order valence-corrected chi connectivity index (χ1v) is 8.26. The molecule has 0 unspecified atom stereocenters. The van der Waals surface area contributed by atoms with Crippen molar-refractivity contribution < 1.29 is 14.3 Å². The molecule has 1 aromatic carbocycles. The highest BCUT2D eigenvalue weighted by atomic mass is 16.7. The van der Waals surface area contributed by atoms with Crippen LogP contribution in [-0.2, 0) is 20.9 Å². The van der Waals surface area contributed by atoms with Crippen LogP contribution in [0, 0.1) is 0 Å². The van der Waals surface area contributed by atoms with Gasteiger partial charge in [-0.3, -0.25) is 4.79 Å². The molecule has 122 valence electrons. The lowest BCUT2D eigenvalue weighted by Crippen LogP contribution is -2.01. The van der Waals surface area contributed by atoms with Crippen LogP contribution in [0.25, 0.3) is 0 Å². The van der Waals surface area contributed by atoms with E-state index in [1.54, 1.807) is 0 Å². The third-order valence-electron chi connectivity index (χ3n) is 3.44. The third-order valence-corrected chi connectivity index (χ3v) is 3.44. The summed E-state index contributed by atoms with van der Waals surface area (Å²) in [5.74, 6) is 0.376. The number of ether oxygens (including phenoxy) is 2. The predicted molar refractivity (Wildman–Crippen MR) is 89.3 cm³/mol. The molecule has 0 saturated carbocycles. The molecular formula is C19H28O3. The zero-order valence-corrected chi connectivity index (χ0v) is 13.6. The van der Waals surface area contributed by atoms with Gasteiger partial charge in [0, 0.05) is 0 Å². The molecule has 0 aliphatic heterocycles. The van der Waals surface area contributed by atoms with Gasteiger partial charge in [-0.15, -0.1) is 0 Å². The van der Waals surface area contributed by atoms with E-state index in [1.165, 1.54) is 32.1 Å². The Kier molecular flexibility index (Phi) is 11.0. The highest BCUT2D eigenvalue weighted by Gasteiger charge is 1.97. The van der Waals surface area contributed by atoms with Crippen LogP contribution in [0.1, 0.15) is 57.4 Å². The summed E-state index contributed by atoms with van der Waals surface area (Å²) in [5, 5.41) is 0. The van der Waals surface area contributed by atoms with Crippen molar-refractivity contribution in [2.45, 2.75) is 58.5 Å². The SMILES string of the molecule is CCCCCCCC/C=C(\C=O)OCOCc1ccccc1. The van der Waals surface area contributed by atoms with E-state index in [0.717, 1.165) is 24.7 Å². The molecule has 1 rings (SSSR count). The first kappa shape index (κ1) is 18.4. The van der Waals surface area contributed by atoms with Crippen LogP contribution in [0.15, 0.2) is 42.2 Å². The van der Waals surface area contributed by atoms with Crippen molar-refractivity contribution in [3.63, 3.8) is 0 Å². The van der Waals surface area contributed by atoms with Gasteiger partial charge in [0.15, 0.2) is 18.8 Å². The van der Waals surface area contributed by atoms with Gasteiger partial charge in [0.05, 0.1) is 6.61 Å². The Morgan fingerprint density at radius 3 is 2.50 bits per heavy atom. The maximum Gasteiger partial charge on any atom is 0.189 e. The van der Waals surface area contributed by atoms with Crippen LogP contribution in [0.2, 0.25) is 0 Å². The summed E-state index contributed by atoms with van der Waals surface area (Å²) in [7, 11) is 0. The summed E-state index contributed by atoms with van der Waals surface area (Å²) in [5.41, 5.74) is 1.09. The van der Waals surface area contributed by atoms with Crippen molar-refractivity contribution in [2.24, 2.45) is 0 Å². The topological polar surface area (TPSA) is 35.5 Å². The fourth-order valence-electron chi connectivity index (χ4n) is 2.15. The molecule has 0 aliphatic carbocycles. The van der Waals surface area contributed by atoms with Crippen LogP contribution in [0.3, 0.4) is 0 Å². The molecule has 0 bridgehead atoms. The van der Waals surface area contributed by atoms with Gasteiger partial charge in [-0.25, -0.2) is 0 Å². The van der Waals surface area contributed by atoms with Crippen LogP contribution < -0.4 is 0 Å². The molecule has 0 N–H and O–H groups in total. The summed E-state index contributed by atoms with van der Waals surface area (Å²) in [6.07, 6.45) is 11.0. The molecule has 0 aliphatic rings. The second-order valence-electron chi connectivity index (χ2n) is 5.38. The number of hydrogen-bond donors (Lipinski definition) is 0. The van der Waals surface area contributed by atoms with E-state index >= 15 is 0 Å². The molecule has 3 nitrogen and oxygen atoms in total. The maximum absolute atomic E-state index is 10.9. The Morgan fingerprint density at radius 2 is 1.77 bits per heavy atom. The predicted octanol–water partition coefficient (Wildman–Crippen LogP) is 5.01. The number of carbonyl (C=O) groups is 1. The lowest BCUT2D eigenvalue weighted by molar-refractivity contribution is -0.111. The average Bonchev–Trinajstić information content (AvgIpc) is 2.57. The van der Waals surface area contributed by atoms with Crippen molar-refractivity contribution >= 4 is 6.29 Å². The van der Waals surface area contributed by atoms with E-state index in [1.807, 2.05) is 36.4 Å². The van der Waals surface area contributed by atoms with Gasteiger partial charge in [0.2, 0.25) is 0 Å². The van der Waals surface area contributed by atoms with E-state index in [-0.39, 0.29) is 6.79 Å². The van der Waals surface area contributed by atoms with E-state index < -0.39 is 0 Å². The van der Waals surface area contributed by atoms with Gasteiger partial charge in [0.1, 0.15) is 0 Å². The Hall–Kier alpha value is -1.61. The van der Waals surface area contributed by atoms with Gasteiger partial charge >= 0.3 is 0 Å². The number of carbonyl (C=O) groups excluding carboxylic acids is 1. The minimum Gasteiger partial charge on any atom is -0.464 e. The maximum atomic E-state index is 10.9. The monoisotopic (exact) mass is 304 g/mol. The lowest BCUT2D eigenvalue weighted by atomic mass is 10.1. The molecule has 0 fully saturated rings. The molecule has 0 heterocycles. The van der Waals surface area contributed by atoms with Crippen molar-refractivity contribution in [1.82, 2.24) is 0 Å². The molecule has 0 aromatic heterocycles. The molecule has 22 heavy (non-hydrogen) atoms. The molecule has 1 aromatic rings. The molecule has 3 heteroatoms. The van der Waals surface area contributed by atoms with Gasteiger partial charge in [-0.05, 0) is 24.5 Å². The quantitative estimate of drug-likeness (QED) is 0.169. The fraction of sp³-hybridized carbons (Fsp3) is 0.526. The van der Waals surface area contributed by atoms with Crippen LogP contribution in [-0.4, -0.2) is 13.1 Å². The minimum absolute atomic E-state index is 0.107. The second-order valence-corrected chi connectivity index (χ2v) is 5.38. The summed E-state index contributed by atoms with van der Waals surface area (Å²) < 4.78 is 10.7. The molecule has 0 amide bonds. The Labute approximate surface area is 134 Å². The van der Waals surface area contributed by atoms with Crippen molar-refractivity contribution in [2.75, 3.05) is 6.79 Å². The number of benzene rings is 1. The fourth-order valence-corrected chi connectivity index (χ4v) is 2.15. The zero-order chi connectivity index (χ0) is 15.9. The van der Waals surface area contributed by atoms with Crippen LogP contribution in [0.4, 0.5) is 0 Å². The normalized spacial score (nSPS) is 11.4. The van der Waals surface area contributed by atoms with Crippen molar-refractivity contribution in [3.05, 3.63) is 47.7 Å². The summed E-state index contributed by atoms with van der Waals surface area (Å²) >= 11 is 0. The third kappa shape index (κ3) is 9.35. The van der Waals surface area contributed by atoms with E-state index in [9.17, 15) is 4.79 Å². The first-order valence-electron chi connectivity index (χ1n) is 8.26. The summed E-state index contributed by atoms with van der Waals surface area (Å²) in [6, 6.07) is 9.90. The largest absolute Gasteiger partial charge is 0.464 e. The number of aldehydes is 1. The number of hydrogen-bond acceptors (Lipinski definition) is 3. The Bertz CT molecular complexity index is 412. The minimum atomic E-state index is 0.107.